The van der Waals surface area contributed by atoms with E-state index in [1.807, 2.05) is 6.33 Å². The monoisotopic (exact) mass is 380 g/mol. The zero-order valence-corrected chi connectivity index (χ0v) is 16.2. The third-order valence-corrected chi connectivity index (χ3v) is 6.10. The highest BCUT2D eigenvalue weighted by Crippen LogP contribution is 2.47. The Bertz CT molecular complexity index is 977. The molecule has 0 bridgehead atoms. The predicted octanol–water partition coefficient (Wildman–Crippen LogP) is 4.82. The molecule has 0 aliphatic heterocycles. The summed E-state index contributed by atoms with van der Waals surface area (Å²) in [5.41, 5.74) is 4.12. The first-order valence-electron chi connectivity index (χ1n) is 10.2. The van der Waals surface area contributed by atoms with Crippen LogP contribution in [0.1, 0.15) is 34.7 Å². The molecule has 1 heterocycles. The molecular weight excluding hydrogens is 356 g/mol. The summed E-state index contributed by atoms with van der Waals surface area (Å²) in [7, 11) is 0. The highest BCUT2D eigenvalue weighted by atomic mass is 16.3. The molecule has 0 unspecified atom stereocenters. The minimum absolute atomic E-state index is 0.235. The van der Waals surface area contributed by atoms with Gasteiger partial charge in [0.25, 0.3) is 0 Å². The number of rotatable bonds is 6. The van der Waals surface area contributed by atoms with Crippen LogP contribution in [0.3, 0.4) is 0 Å². The van der Waals surface area contributed by atoms with Crippen molar-refractivity contribution in [1.29, 1.82) is 0 Å². The number of imidazole rings is 1. The average Bonchev–Trinajstić information content (AvgIpc) is 3.44. The number of aliphatic hydroxyl groups excluding tert-OH is 1. The van der Waals surface area contributed by atoms with E-state index in [4.69, 9.17) is 4.98 Å². The zero-order chi connectivity index (χ0) is 19.7. The highest BCUT2D eigenvalue weighted by molar-refractivity contribution is 5.50. The molecule has 1 aliphatic rings. The topological polar surface area (TPSA) is 38.0 Å². The lowest BCUT2D eigenvalue weighted by Gasteiger charge is -2.37. The van der Waals surface area contributed by atoms with Gasteiger partial charge in [0, 0.05) is 18.7 Å². The van der Waals surface area contributed by atoms with Crippen molar-refractivity contribution in [2.45, 2.75) is 17.9 Å². The molecule has 4 aromatic rings. The standard InChI is InChI=1S/C26H24N2O/c29-18-20-16-24(20)25-17-28(19-27-25)26(21-10-4-1-5-11-21,22-12-6-2-7-13-22)23-14-8-3-9-15-23/h1-15,17,19-20,24,29H,16,18H2/t20-,24-/m1/s1. The predicted molar refractivity (Wildman–Crippen MR) is 115 cm³/mol. The molecule has 29 heavy (non-hydrogen) atoms. The van der Waals surface area contributed by atoms with E-state index in [-0.39, 0.29) is 6.61 Å². The van der Waals surface area contributed by atoms with Crippen molar-refractivity contribution in [3.8, 4) is 0 Å². The van der Waals surface area contributed by atoms with Crippen molar-refractivity contribution < 1.29 is 5.11 Å². The molecule has 2 atom stereocenters. The van der Waals surface area contributed by atoms with Gasteiger partial charge in [-0.1, -0.05) is 91.0 Å². The maximum Gasteiger partial charge on any atom is 0.121 e. The van der Waals surface area contributed by atoms with Crippen LogP contribution in [0.25, 0.3) is 0 Å². The first-order valence-corrected chi connectivity index (χ1v) is 10.2. The summed E-state index contributed by atoms with van der Waals surface area (Å²) >= 11 is 0. The molecule has 5 rings (SSSR count). The van der Waals surface area contributed by atoms with Crippen LogP contribution in [0.2, 0.25) is 0 Å². The van der Waals surface area contributed by atoms with Crippen molar-refractivity contribution in [3.63, 3.8) is 0 Å². The fourth-order valence-electron chi connectivity index (χ4n) is 4.51. The van der Waals surface area contributed by atoms with Crippen molar-refractivity contribution >= 4 is 0 Å². The van der Waals surface area contributed by atoms with Crippen LogP contribution in [0, 0.1) is 5.92 Å². The van der Waals surface area contributed by atoms with E-state index < -0.39 is 5.54 Å². The lowest BCUT2D eigenvalue weighted by atomic mass is 9.77. The first-order chi connectivity index (χ1) is 14.3. The third kappa shape index (κ3) is 2.99. The second kappa shape index (κ2) is 7.34. The Labute approximate surface area is 171 Å². The van der Waals surface area contributed by atoms with Gasteiger partial charge in [0.2, 0.25) is 0 Å². The van der Waals surface area contributed by atoms with Crippen LogP contribution < -0.4 is 0 Å². The normalized spacial score (nSPS) is 18.5. The van der Waals surface area contributed by atoms with Crippen molar-refractivity contribution in [3.05, 3.63) is 126 Å². The fraction of sp³-hybridized carbons (Fsp3) is 0.192. The molecule has 3 heteroatoms. The van der Waals surface area contributed by atoms with Gasteiger partial charge in [-0.3, -0.25) is 0 Å². The van der Waals surface area contributed by atoms with Gasteiger partial charge in [0.1, 0.15) is 5.54 Å². The molecular formula is C26H24N2O. The van der Waals surface area contributed by atoms with E-state index in [1.165, 1.54) is 16.7 Å². The highest BCUT2D eigenvalue weighted by Gasteiger charge is 2.42. The van der Waals surface area contributed by atoms with E-state index in [0.717, 1.165) is 12.1 Å². The number of hydrogen-bond acceptors (Lipinski definition) is 2. The Morgan fingerprint density at radius 3 is 1.69 bits per heavy atom. The molecule has 3 nitrogen and oxygen atoms in total. The molecule has 3 aromatic carbocycles. The summed E-state index contributed by atoms with van der Waals surface area (Å²) in [6, 6.07) is 31.9. The summed E-state index contributed by atoms with van der Waals surface area (Å²) < 4.78 is 2.25. The Hall–Kier alpha value is -3.17. The zero-order valence-electron chi connectivity index (χ0n) is 16.2. The number of aliphatic hydroxyl groups is 1. The van der Waals surface area contributed by atoms with Gasteiger partial charge < -0.3 is 9.67 Å². The van der Waals surface area contributed by atoms with Crippen LogP contribution in [0.4, 0.5) is 0 Å². The van der Waals surface area contributed by atoms with E-state index in [2.05, 4.69) is 102 Å². The quantitative estimate of drug-likeness (QED) is 0.487. The Balaban J connectivity index is 1.77. The molecule has 0 radical (unpaired) electrons. The largest absolute Gasteiger partial charge is 0.396 e. The second-order valence-corrected chi connectivity index (χ2v) is 7.80. The SMILES string of the molecule is OC[C@H]1C[C@H]1c1cn(C(c2ccccc2)(c2ccccc2)c2ccccc2)cn1. The van der Waals surface area contributed by atoms with E-state index >= 15 is 0 Å². The minimum atomic E-state index is -0.515. The van der Waals surface area contributed by atoms with Crippen LogP contribution in [0.15, 0.2) is 104 Å². The van der Waals surface area contributed by atoms with E-state index in [1.54, 1.807) is 0 Å². The van der Waals surface area contributed by atoms with E-state index in [9.17, 15) is 5.11 Å². The second-order valence-electron chi connectivity index (χ2n) is 7.80. The van der Waals surface area contributed by atoms with Gasteiger partial charge in [0.15, 0.2) is 0 Å². The number of nitrogens with zero attached hydrogens (tertiary/aromatic N) is 2. The van der Waals surface area contributed by atoms with Crippen molar-refractivity contribution in [2.75, 3.05) is 6.61 Å². The third-order valence-electron chi connectivity index (χ3n) is 6.10. The number of benzene rings is 3. The number of aromatic nitrogens is 2. The first kappa shape index (κ1) is 17.9. The van der Waals surface area contributed by atoms with Crippen molar-refractivity contribution in [1.82, 2.24) is 9.55 Å². The lowest BCUT2D eigenvalue weighted by molar-refractivity contribution is 0.273. The van der Waals surface area contributed by atoms with Gasteiger partial charge in [-0.2, -0.15) is 0 Å². The maximum absolute atomic E-state index is 9.50. The lowest BCUT2D eigenvalue weighted by Crippen LogP contribution is -2.36. The smallest absolute Gasteiger partial charge is 0.121 e. The van der Waals surface area contributed by atoms with Gasteiger partial charge in [-0.25, -0.2) is 4.98 Å². The minimum Gasteiger partial charge on any atom is -0.396 e. The number of hydrogen-bond donors (Lipinski definition) is 1. The van der Waals surface area contributed by atoms with Crippen LogP contribution >= 0.6 is 0 Å². The molecule has 1 saturated carbocycles. The molecule has 1 fully saturated rings. The molecule has 1 aliphatic carbocycles. The van der Waals surface area contributed by atoms with Crippen LogP contribution in [-0.4, -0.2) is 21.3 Å². The molecule has 0 spiro atoms. The summed E-state index contributed by atoms with van der Waals surface area (Å²) in [5, 5.41) is 9.50. The van der Waals surface area contributed by atoms with E-state index in [0.29, 0.717) is 11.8 Å². The summed E-state index contributed by atoms with van der Waals surface area (Å²) in [5.74, 6) is 0.708. The van der Waals surface area contributed by atoms with Gasteiger partial charge in [-0.15, -0.1) is 0 Å². The Morgan fingerprint density at radius 2 is 1.28 bits per heavy atom. The maximum atomic E-state index is 9.50. The molecule has 0 saturated heterocycles. The van der Waals surface area contributed by atoms with Crippen LogP contribution in [-0.2, 0) is 5.54 Å². The van der Waals surface area contributed by atoms with Gasteiger partial charge >= 0.3 is 0 Å². The summed E-state index contributed by atoms with van der Waals surface area (Å²) in [6.07, 6.45) is 5.14. The fourth-order valence-corrected chi connectivity index (χ4v) is 4.51. The summed E-state index contributed by atoms with van der Waals surface area (Å²) in [4.78, 5) is 4.77. The van der Waals surface area contributed by atoms with Crippen molar-refractivity contribution in [2.24, 2.45) is 5.92 Å². The average molecular weight is 380 g/mol. The molecule has 1 aromatic heterocycles. The molecule has 144 valence electrons. The Morgan fingerprint density at radius 1 is 0.793 bits per heavy atom. The molecule has 1 N–H and O–H groups in total. The summed E-state index contributed by atoms with van der Waals surface area (Å²) in [6.45, 7) is 0.235. The molecule has 0 amide bonds. The van der Waals surface area contributed by atoms with Gasteiger partial charge in [0.05, 0.1) is 12.0 Å². The Kier molecular flexibility index (Phi) is 4.53. The van der Waals surface area contributed by atoms with Crippen LogP contribution in [0.5, 0.6) is 0 Å². The van der Waals surface area contributed by atoms with Gasteiger partial charge in [-0.05, 0) is 29.0 Å².